The molecule has 2 rings (SSSR count). The van der Waals surface area contributed by atoms with Gasteiger partial charge in [0.1, 0.15) is 19.0 Å². The molecule has 2 aromatic rings. The van der Waals surface area contributed by atoms with Crippen LogP contribution in [0.4, 0.5) is 0 Å². The van der Waals surface area contributed by atoms with Gasteiger partial charge in [-0.25, -0.2) is 0 Å². The van der Waals surface area contributed by atoms with E-state index in [0.717, 1.165) is 34.9 Å². The number of aryl methyl sites for hydroxylation is 2. The van der Waals surface area contributed by atoms with Crippen LogP contribution in [0.1, 0.15) is 16.7 Å². The number of benzene rings is 2. The van der Waals surface area contributed by atoms with Gasteiger partial charge in [-0.05, 0) is 44.2 Å². The average molecular weight is 315 g/mol. The number of methoxy groups -OCH3 is 1. The number of hydrogen-bond donors (Lipinski definition) is 1. The van der Waals surface area contributed by atoms with E-state index in [1.165, 1.54) is 5.56 Å². The lowest BCUT2D eigenvalue weighted by Gasteiger charge is -2.16. The fraction of sp³-hybridized carbons (Fsp3) is 0.368. The second-order valence-electron chi connectivity index (χ2n) is 5.44. The van der Waals surface area contributed by atoms with Crippen molar-refractivity contribution in [3.8, 4) is 17.2 Å². The molecule has 0 fully saturated rings. The van der Waals surface area contributed by atoms with Crippen LogP contribution in [0.15, 0.2) is 36.4 Å². The van der Waals surface area contributed by atoms with Crippen LogP contribution in [0.2, 0.25) is 0 Å². The highest BCUT2D eigenvalue weighted by molar-refractivity contribution is 5.46. The van der Waals surface area contributed by atoms with Gasteiger partial charge in [0.05, 0.1) is 7.11 Å². The van der Waals surface area contributed by atoms with E-state index in [-0.39, 0.29) is 0 Å². The zero-order valence-electron chi connectivity index (χ0n) is 14.3. The molecule has 0 aliphatic carbocycles. The second kappa shape index (κ2) is 8.44. The first kappa shape index (κ1) is 17.2. The first-order valence-corrected chi connectivity index (χ1v) is 7.79. The molecule has 0 unspecified atom stereocenters. The maximum atomic E-state index is 5.91. The molecular weight excluding hydrogens is 290 g/mol. The molecule has 2 aromatic carbocycles. The Morgan fingerprint density at radius 3 is 2.48 bits per heavy atom. The molecule has 4 heteroatoms. The van der Waals surface area contributed by atoms with Crippen molar-refractivity contribution in [2.75, 3.05) is 27.4 Å². The van der Waals surface area contributed by atoms with Gasteiger partial charge in [-0.2, -0.15) is 0 Å². The van der Waals surface area contributed by atoms with Crippen molar-refractivity contribution in [2.45, 2.75) is 20.4 Å². The third-order valence-corrected chi connectivity index (χ3v) is 3.58. The topological polar surface area (TPSA) is 39.7 Å². The number of rotatable bonds is 8. The molecule has 0 atom stereocenters. The van der Waals surface area contributed by atoms with Crippen LogP contribution < -0.4 is 19.5 Å². The first-order valence-electron chi connectivity index (χ1n) is 7.79. The summed E-state index contributed by atoms with van der Waals surface area (Å²) in [4.78, 5) is 0. The number of ether oxygens (including phenoxy) is 3. The number of para-hydroxylation sites is 1. The molecule has 0 aliphatic heterocycles. The van der Waals surface area contributed by atoms with Crippen LogP contribution in [-0.4, -0.2) is 27.4 Å². The molecule has 0 saturated carbocycles. The van der Waals surface area contributed by atoms with E-state index < -0.39 is 0 Å². The Kier molecular flexibility index (Phi) is 6.29. The van der Waals surface area contributed by atoms with Crippen molar-refractivity contribution in [2.24, 2.45) is 0 Å². The Balaban J connectivity index is 1.97. The molecule has 0 aliphatic rings. The summed E-state index contributed by atoms with van der Waals surface area (Å²) >= 11 is 0. The van der Waals surface area contributed by atoms with Crippen molar-refractivity contribution in [3.05, 3.63) is 53.1 Å². The minimum atomic E-state index is 0.463. The van der Waals surface area contributed by atoms with Crippen LogP contribution >= 0.6 is 0 Å². The molecule has 0 amide bonds. The summed E-state index contributed by atoms with van der Waals surface area (Å²) < 4.78 is 17.1. The minimum absolute atomic E-state index is 0.463. The van der Waals surface area contributed by atoms with Crippen molar-refractivity contribution < 1.29 is 14.2 Å². The largest absolute Gasteiger partial charge is 0.493 e. The fourth-order valence-corrected chi connectivity index (χ4v) is 2.37. The fourth-order valence-electron chi connectivity index (χ4n) is 2.37. The SMILES string of the molecule is CNCc1cccc(OC)c1OCCOc1cc(C)ccc1C. The van der Waals surface area contributed by atoms with Crippen molar-refractivity contribution >= 4 is 0 Å². The highest BCUT2D eigenvalue weighted by Crippen LogP contribution is 2.31. The lowest BCUT2D eigenvalue weighted by molar-refractivity contribution is 0.209. The van der Waals surface area contributed by atoms with E-state index in [0.29, 0.717) is 13.2 Å². The zero-order chi connectivity index (χ0) is 16.7. The summed E-state index contributed by atoms with van der Waals surface area (Å²) in [6, 6.07) is 12.1. The highest BCUT2D eigenvalue weighted by atomic mass is 16.5. The normalized spacial score (nSPS) is 10.4. The van der Waals surface area contributed by atoms with E-state index in [4.69, 9.17) is 14.2 Å². The van der Waals surface area contributed by atoms with Crippen molar-refractivity contribution in [1.82, 2.24) is 5.32 Å². The van der Waals surface area contributed by atoms with Crippen LogP contribution in [-0.2, 0) is 6.54 Å². The molecular formula is C19H25NO3. The quantitative estimate of drug-likeness (QED) is 0.757. The third-order valence-electron chi connectivity index (χ3n) is 3.58. The summed E-state index contributed by atoms with van der Waals surface area (Å²) in [6.45, 7) is 5.78. The monoisotopic (exact) mass is 315 g/mol. The van der Waals surface area contributed by atoms with E-state index >= 15 is 0 Å². The highest BCUT2D eigenvalue weighted by Gasteiger charge is 2.10. The molecule has 0 bridgehead atoms. The molecule has 124 valence electrons. The van der Waals surface area contributed by atoms with Gasteiger partial charge in [0.25, 0.3) is 0 Å². The zero-order valence-corrected chi connectivity index (χ0v) is 14.3. The predicted molar refractivity (Wildman–Crippen MR) is 92.7 cm³/mol. The van der Waals surface area contributed by atoms with Gasteiger partial charge < -0.3 is 19.5 Å². The summed E-state index contributed by atoms with van der Waals surface area (Å²) in [5.74, 6) is 2.42. The van der Waals surface area contributed by atoms with Crippen LogP contribution in [0.25, 0.3) is 0 Å². The first-order chi connectivity index (χ1) is 11.2. The Morgan fingerprint density at radius 2 is 1.74 bits per heavy atom. The van der Waals surface area contributed by atoms with Crippen molar-refractivity contribution in [3.63, 3.8) is 0 Å². The summed E-state index contributed by atoms with van der Waals surface area (Å²) in [7, 11) is 3.56. The lowest BCUT2D eigenvalue weighted by atomic mass is 10.1. The van der Waals surface area contributed by atoms with Gasteiger partial charge in [-0.15, -0.1) is 0 Å². The maximum Gasteiger partial charge on any atom is 0.165 e. The Labute approximate surface area is 138 Å². The summed E-state index contributed by atoms with van der Waals surface area (Å²) in [5.41, 5.74) is 3.38. The van der Waals surface area contributed by atoms with E-state index in [9.17, 15) is 0 Å². The van der Waals surface area contributed by atoms with Gasteiger partial charge >= 0.3 is 0 Å². The Morgan fingerprint density at radius 1 is 0.957 bits per heavy atom. The van der Waals surface area contributed by atoms with Crippen LogP contribution in [0, 0.1) is 13.8 Å². The molecule has 0 radical (unpaired) electrons. The molecule has 0 saturated heterocycles. The maximum absolute atomic E-state index is 5.91. The lowest BCUT2D eigenvalue weighted by Crippen LogP contribution is -2.13. The predicted octanol–water partition coefficient (Wildman–Crippen LogP) is 3.49. The van der Waals surface area contributed by atoms with E-state index in [1.807, 2.05) is 38.2 Å². The molecule has 23 heavy (non-hydrogen) atoms. The number of hydrogen-bond acceptors (Lipinski definition) is 4. The molecule has 0 aromatic heterocycles. The Hall–Kier alpha value is -2.20. The van der Waals surface area contributed by atoms with E-state index in [1.54, 1.807) is 7.11 Å². The van der Waals surface area contributed by atoms with Gasteiger partial charge in [0.15, 0.2) is 11.5 Å². The average Bonchev–Trinajstić information content (AvgIpc) is 2.55. The summed E-state index contributed by atoms with van der Waals surface area (Å²) in [5, 5.41) is 3.14. The standard InChI is InChI=1S/C19H25NO3/c1-14-8-9-15(2)18(12-14)22-10-11-23-19-16(13-20-3)6-5-7-17(19)21-4/h5-9,12,20H,10-11,13H2,1-4H3. The molecule has 4 nitrogen and oxygen atoms in total. The van der Waals surface area contributed by atoms with Gasteiger partial charge in [-0.3, -0.25) is 0 Å². The minimum Gasteiger partial charge on any atom is -0.493 e. The van der Waals surface area contributed by atoms with Gasteiger partial charge in [0.2, 0.25) is 0 Å². The summed E-state index contributed by atoms with van der Waals surface area (Å²) in [6.07, 6.45) is 0. The van der Waals surface area contributed by atoms with Gasteiger partial charge in [0, 0.05) is 12.1 Å². The van der Waals surface area contributed by atoms with E-state index in [2.05, 4.69) is 24.4 Å². The number of nitrogens with one attached hydrogen (secondary N) is 1. The Bertz CT molecular complexity index is 641. The van der Waals surface area contributed by atoms with Crippen LogP contribution in [0.3, 0.4) is 0 Å². The van der Waals surface area contributed by atoms with Gasteiger partial charge in [-0.1, -0.05) is 24.3 Å². The van der Waals surface area contributed by atoms with Crippen LogP contribution in [0.5, 0.6) is 17.2 Å². The van der Waals surface area contributed by atoms with Crippen molar-refractivity contribution in [1.29, 1.82) is 0 Å². The smallest absolute Gasteiger partial charge is 0.165 e. The molecule has 0 spiro atoms. The molecule has 0 heterocycles. The second-order valence-corrected chi connectivity index (χ2v) is 5.44. The molecule has 1 N–H and O–H groups in total. The third kappa shape index (κ3) is 4.63.